The molecule has 1 saturated heterocycles. The fourth-order valence-corrected chi connectivity index (χ4v) is 3.84. The smallest absolute Gasteiger partial charge is 0.408 e. The second-order valence-corrected chi connectivity index (χ2v) is 8.00. The van der Waals surface area contributed by atoms with E-state index in [1.54, 1.807) is 0 Å². The predicted molar refractivity (Wildman–Crippen MR) is 117 cm³/mol. The number of Topliss-reactive ketones (excluding diaryl/α,β-unsaturated/α-hetero) is 1. The van der Waals surface area contributed by atoms with E-state index in [9.17, 15) is 19.5 Å². The summed E-state index contributed by atoms with van der Waals surface area (Å²) in [6.07, 6.45) is 4.66. The molecule has 1 fully saturated rings. The molecule has 0 spiro atoms. The zero-order chi connectivity index (χ0) is 22.5. The average Bonchev–Trinajstić information content (AvgIpc) is 2.78. The molecule has 2 atom stereocenters. The normalized spacial score (nSPS) is 17.2. The van der Waals surface area contributed by atoms with Gasteiger partial charge in [0, 0.05) is 32.0 Å². The Morgan fingerprint density at radius 1 is 1.19 bits per heavy atom. The van der Waals surface area contributed by atoms with Gasteiger partial charge in [0.15, 0.2) is 5.78 Å². The average molecular weight is 434 g/mol. The quantitative estimate of drug-likeness (QED) is 0.326. The van der Waals surface area contributed by atoms with Crippen molar-refractivity contribution in [1.82, 2.24) is 15.7 Å². The summed E-state index contributed by atoms with van der Waals surface area (Å²) < 4.78 is 0. The molecule has 8 nitrogen and oxygen atoms in total. The summed E-state index contributed by atoms with van der Waals surface area (Å²) in [6.45, 7) is 3.45. The van der Waals surface area contributed by atoms with E-state index in [4.69, 9.17) is 4.84 Å². The Morgan fingerprint density at radius 3 is 2.65 bits per heavy atom. The van der Waals surface area contributed by atoms with Crippen LogP contribution in [0.5, 0.6) is 0 Å². The molecule has 31 heavy (non-hydrogen) atoms. The fourth-order valence-electron chi connectivity index (χ4n) is 3.84. The van der Waals surface area contributed by atoms with Gasteiger partial charge < -0.3 is 10.4 Å². The number of nitrogens with zero attached hydrogens (tertiary/aromatic N) is 1. The van der Waals surface area contributed by atoms with E-state index in [0.717, 1.165) is 37.7 Å². The van der Waals surface area contributed by atoms with E-state index < -0.39 is 18.1 Å². The van der Waals surface area contributed by atoms with E-state index >= 15 is 0 Å². The van der Waals surface area contributed by atoms with Gasteiger partial charge in [-0.05, 0) is 12.0 Å². The molecular weight excluding hydrogens is 398 g/mol. The highest BCUT2D eigenvalue weighted by atomic mass is 16.6. The van der Waals surface area contributed by atoms with Gasteiger partial charge in [-0.3, -0.25) is 19.3 Å². The van der Waals surface area contributed by atoms with Crippen molar-refractivity contribution in [3.63, 3.8) is 0 Å². The number of amides is 2. The molecule has 1 aliphatic rings. The second kappa shape index (κ2) is 13.8. The lowest BCUT2D eigenvalue weighted by Gasteiger charge is -2.35. The lowest BCUT2D eigenvalue weighted by molar-refractivity contribution is -0.139. The van der Waals surface area contributed by atoms with Crippen molar-refractivity contribution in [1.29, 1.82) is 0 Å². The third-order valence-corrected chi connectivity index (χ3v) is 5.58. The summed E-state index contributed by atoms with van der Waals surface area (Å²) >= 11 is 0. The molecular formula is C23H35N3O5. The Bertz CT molecular complexity index is 698. The molecule has 2 amide bonds. The molecule has 172 valence electrons. The molecule has 0 aromatic heterocycles. The lowest BCUT2D eigenvalue weighted by Crippen LogP contribution is -2.58. The van der Waals surface area contributed by atoms with Crippen LogP contribution >= 0.6 is 0 Å². The van der Waals surface area contributed by atoms with Gasteiger partial charge in [0.2, 0.25) is 5.91 Å². The zero-order valence-corrected chi connectivity index (χ0v) is 18.3. The highest BCUT2D eigenvalue weighted by Crippen LogP contribution is 2.21. The van der Waals surface area contributed by atoms with Gasteiger partial charge in [0.1, 0.15) is 6.04 Å². The van der Waals surface area contributed by atoms with Gasteiger partial charge in [0.25, 0.3) is 0 Å². The van der Waals surface area contributed by atoms with E-state index in [-0.39, 0.29) is 37.8 Å². The molecule has 8 heteroatoms. The van der Waals surface area contributed by atoms with Crippen molar-refractivity contribution >= 4 is 17.8 Å². The Hall–Kier alpha value is -2.45. The summed E-state index contributed by atoms with van der Waals surface area (Å²) in [5.74, 6) is -1.09. The molecule has 1 aliphatic heterocycles. The van der Waals surface area contributed by atoms with Gasteiger partial charge >= 0.3 is 6.09 Å². The van der Waals surface area contributed by atoms with Crippen LogP contribution in [0.1, 0.15) is 57.4 Å². The fraction of sp³-hybridized carbons (Fsp3) is 0.609. The summed E-state index contributed by atoms with van der Waals surface area (Å²) in [4.78, 5) is 43.7. The summed E-state index contributed by atoms with van der Waals surface area (Å²) in [7, 11) is 0. The summed E-state index contributed by atoms with van der Waals surface area (Å²) in [5, 5.41) is 12.6. The molecule has 2 rings (SSSR count). The van der Waals surface area contributed by atoms with Gasteiger partial charge in [-0.15, -0.1) is 0 Å². The van der Waals surface area contributed by atoms with Crippen LogP contribution in [0.2, 0.25) is 0 Å². The number of piperazine rings is 1. The molecule has 0 aliphatic carbocycles. The summed E-state index contributed by atoms with van der Waals surface area (Å²) in [5.41, 5.74) is 3.35. The first kappa shape index (κ1) is 24.8. The molecule has 0 radical (unpaired) electrons. The Kier molecular flexibility index (Phi) is 11.0. The number of nitrogens with one attached hydrogen (secondary N) is 2. The SMILES string of the molecule is CCCCCCC[C@H](CC(=O)NOCc1ccccc1)C(=O)[C@@H]1CNCCN1C(=O)O. The van der Waals surface area contributed by atoms with Crippen LogP contribution in [0.25, 0.3) is 0 Å². The van der Waals surface area contributed by atoms with Crippen molar-refractivity contribution < 1.29 is 24.3 Å². The zero-order valence-electron chi connectivity index (χ0n) is 18.3. The maximum atomic E-state index is 13.2. The minimum atomic E-state index is -1.10. The standard InChI is InChI=1S/C23H35N3O5/c1-2-3-4-5-9-12-19(22(28)20-16-24-13-14-26(20)23(29)30)15-21(27)25-31-17-18-10-7-6-8-11-18/h6-8,10-11,19-20,24H,2-5,9,12-17H2,1H3,(H,25,27)(H,29,30)/t19-,20+/m1/s1. The third kappa shape index (κ3) is 8.67. The van der Waals surface area contributed by atoms with E-state index in [1.165, 1.54) is 4.90 Å². The Labute approximate surface area is 184 Å². The minimum absolute atomic E-state index is 0.00857. The van der Waals surface area contributed by atoms with Crippen molar-refractivity contribution in [2.24, 2.45) is 5.92 Å². The topological polar surface area (TPSA) is 108 Å². The number of carbonyl (C=O) groups is 3. The second-order valence-electron chi connectivity index (χ2n) is 8.00. The minimum Gasteiger partial charge on any atom is -0.465 e. The number of rotatable bonds is 13. The van der Waals surface area contributed by atoms with E-state index in [1.807, 2.05) is 30.3 Å². The number of unbranched alkanes of at least 4 members (excludes halogenated alkanes) is 4. The largest absolute Gasteiger partial charge is 0.465 e. The first-order valence-corrected chi connectivity index (χ1v) is 11.2. The Morgan fingerprint density at radius 2 is 1.94 bits per heavy atom. The Balaban J connectivity index is 1.93. The van der Waals surface area contributed by atoms with Gasteiger partial charge in [-0.1, -0.05) is 69.4 Å². The molecule has 0 bridgehead atoms. The van der Waals surface area contributed by atoms with Gasteiger partial charge in [-0.2, -0.15) is 0 Å². The van der Waals surface area contributed by atoms with Crippen LogP contribution in [-0.2, 0) is 21.0 Å². The third-order valence-electron chi connectivity index (χ3n) is 5.58. The molecule has 3 N–H and O–H groups in total. The van der Waals surface area contributed by atoms with Crippen LogP contribution in [-0.4, -0.2) is 53.5 Å². The number of carboxylic acid groups (broad SMARTS) is 1. The van der Waals surface area contributed by atoms with Crippen LogP contribution in [0.4, 0.5) is 4.79 Å². The number of hydrogen-bond acceptors (Lipinski definition) is 5. The lowest BCUT2D eigenvalue weighted by atomic mass is 9.88. The van der Waals surface area contributed by atoms with Crippen molar-refractivity contribution in [2.75, 3.05) is 19.6 Å². The number of benzene rings is 1. The first-order chi connectivity index (χ1) is 15.0. The highest BCUT2D eigenvalue weighted by molar-refractivity contribution is 5.92. The number of carbonyl (C=O) groups excluding carboxylic acids is 2. The van der Waals surface area contributed by atoms with Gasteiger partial charge in [0.05, 0.1) is 6.61 Å². The maximum Gasteiger partial charge on any atom is 0.408 e. The van der Waals surface area contributed by atoms with Crippen LogP contribution in [0.3, 0.4) is 0 Å². The molecule has 1 heterocycles. The number of hydroxylamine groups is 1. The summed E-state index contributed by atoms with van der Waals surface area (Å²) in [6, 6.07) is 8.71. The van der Waals surface area contributed by atoms with Crippen LogP contribution in [0.15, 0.2) is 30.3 Å². The number of ketones is 1. The molecule has 0 saturated carbocycles. The molecule has 0 unspecified atom stereocenters. The van der Waals surface area contributed by atoms with Crippen molar-refractivity contribution in [3.05, 3.63) is 35.9 Å². The van der Waals surface area contributed by atoms with Crippen molar-refractivity contribution in [2.45, 2.75) is 64.5 Å². The van der Waals surface area contributed by atoms with Gasteiger partial charge in [-0.25, -0.2) is 10.3 Å². The van der Waals surface area contributed by atoms with Crippen LogP contribution < -0.4 is 10.8 Å². The molecule has 1 aromatic carbocycles. The van der Waals surface area contributed by atoms with E-state index in [0.29, 0.717) is 13.0 Å². The highest BCUT2D eigenvalue weighted by Gasteiger charge is 2.36. The van der Waals surface area contributed by atoms with Crippen molar-refractivity contribution in [3.8, 4) is 0 Å². The maximum absolute atomic E-state index is 13.2. The first-order valence-electron chi connectivity index (χ1n) is 11.2. The van der Waals surface area contributed by atoms with Crippen LogP contribution in [0, 0.1) is 5.92 Å². The predicted octanol–water partition coefficient (Wildman–Crippen LogP) is 3.12. The van der Waals surface area contributed by atoms with E-state index in [2.05, 4.69) is 17.7 Å². The monoisotopic (exact) mass is 433 g/mol. The molecule has 1 aromatic rings. The number of hydrogen-bond donors (Lipinski definition) is 3.